The predicted octanol–water partition coefficient (Wildman–Crippen LogP) is 1.78. The number of hydrogen-bond acceptors (Lipinski definition) is 4. The van der Waals surface area contributed by atoms with Crippen LogP contribution in [0, 0.1) is 6.92 Å². The van der Waals surface area contributed by atoms with Gasteiger partial charge in [-0.1, -0.05) is 0 Å². The molecule has 1 aromatic carbocycles. The fourth-order valence-corrected chi connectivity index (χ4v) is 2.46. The first-order valence-corrected chi connectivity index (χ1v) is 6.26. The van der Waals surface area contributed by atoms with Gasteiger partial charge in [-0.15, -0.1) is 0 Å². The zero-order valence-corrected chi connectivity index (χ0v) is 11.5. The van der Waals surface area contributed by atoms with E-state index in [-0.39, 0.29) is 28.1 Å². The van der Waals surface area contributed by atoms with E-state index in [1.54, 1.807) is 0 Å². The third-order valence-corrected chi connectivity index (χ3v) is 3.48. The van der Waals surface area contributed by atoms with Gasteiger partial charge in [-0.25, -0.2) is 9.78 Å². The molecule has 0 bridgehead atoms. The molecule has 2 aromatic heterocycles. The summed E-state index contributed by atoms with van der Waals surface area (Å²) in [7, 11) is 0. The molecule has 0 aliphatic heterocycles. The van der Waals surface area contributed by atoms with E-state index in [1.807, 2.05) is 0 Å². The molecular formula is C13H9F3N4O3. The molecule has 3 aromatic rings. The number of aromatic amines is 1. The fraction of sp³-hybridized carbons (Fsp3) is 0.154. The van der Waals surface area contributed by atoms with E-state index in [9.17, 15) is 22.8 Å². The zero-order valence-electron chi connectivity index (χ0n) is 11.5. The van der Waals surface area contributed by atoms with Crippen LogP contribution in [0.3, 0.4) is 0 Å². The molecule has 0 amide bonds. The molecule has 23 heavy (non-hydrogen) atoms. The lowest BCUT2D eigenvalue weighted by molar-refractivity contribution is -0.136. The summed E-state index contributed by atoms with van der Waals surface area (Å²) < 4.78 is 39.9. The maximum Gasteiger partial charge on any atom is 0.418 e. The highest BCUT2D eigenvalue weighted by molar-refractivity contribution is 5.90. The molecule has 0 saturated carbocycles. The van der Waals surface area contributed by atoms with Crippen LogP contribution < -0.4 is 11.3 Å². The maximum absolute atomic E-state index is 12.9. The molecule has 0 fully saturated rings. The van der Waals surface area contributed by atoms with E-state index in [0.717, 1.165) is 6.07 Å². The highest BCUT2D eigenvalue weighted by Crippen LogP contribution is 2.35. The lowest BCUT2D eigenvalue weighted by Gasteiger charge is -2.12. The van der Waals surface area contributed by atoms with Crippen LogP contribution >= 0.6 is 0 Å². The lowest BCUT2D eigenvalue weighted by Crippen LogP contribution is -2.14. The van der Waals surface area contributed by atoms with Gasteiger partial charge in [0.05, 0.1) is 22.3 Å². The average molecular weight is 326 g/mol. The number of carboxylic acids is 1. The molecular weight excluding hydrogens is 317 g/mol. The number of imidazole rings is 1. The van der Waals surface area contributed by atoms with Crippen molar-refractivity contribution in [1.82, 2.24) is 14.4 Å². The highest BCUT2D eigenvalue weighted by Gasteiger charge is 2.33. The van der Waals surface area contributed by atoms with Crippen LogP contribution in [-0.2, 0) is 6.18 Å². The highest BCUT2D eigenvalue weighted by atomic mass is 19.4. The Kier molecular flexibility index (Phi) is 2.90. The van der Waals surface area contributed by atoms with E-state index >= 15 is 0 Å². The summed E-state index contributed by atoms with van der Waals surface area (Å²) >= 11 is 0. The fourth-order valence-electron chi connectivity index (χ4n) is 2.46. The number of nitrogens with zero attached hydrogens (tertiary/aromatic N) is 2. The van der Waals surface area contributed by atoms with Gasteiger partial charge in [-0.3, -0.25) is 9.20 Å². The molecule has 0 aliphatic carbocycles. The quantitative estimate of drug-likeness (QED) is 0.590. The number of nitrogens with one attached hydrogen (secondary N) is 1. The first kappa shape index (κ1) is 14.9. The Morgan fingerprint density at radius 1 is 1.39 bits per heavy atom. The van der Waals surface area contributed by atoms with E-state index in [4.69, 9.17) is 10.8 Å². The van der Waals surface area contributed by atoms with Crippen molar-refractivity contribution in [3.63, 3.8) is 0 Å². The standard InChI is InChI=1S/C13H9F3N4O3/c1-4-9(12(22)23)19-10-11(21)18-7-2-5(13(14,15)16)6(17)3-8(7)20(4)10/h2-3H,17H2,1H3,(H,18,21)(H,22,23). The van der Waals surface area contributed by atoms with Gasteiger partial charge in [0, 0.05) is 5.69 Å². The largest absolute Gasteiger partial charge is 0.476 e. The Balaban J connectivity index is 2.52. The Morgan fingerprint density at radius 2 is 2.04 bits per heavy atom. The number of aromatic carboxylic acids is 1. The Labute approximate surface area is 125 Å². The van der Waals surface area contributed by atoms with Crippen molar-refractivity contribution < 1.29 is 23.1 Å². The number of nitrogens with two attached hydrogens (primary N) is 1. The van der Waals surface area contributed by atoms with Crippen LogP contribution in [0.1, 0.15) is 21.7 Å². The molecule has 3 rings (SSSR count). The first-order valence-electron chi connectivity index (χ1n) is 6.26. The minimum Gasteiger partial charge on any atom is -0.476 e. The van der Waals surface area contributed by atoms with Crippen molar-refractivity contribution in [2.75, 3.05) is 5.73 Å². The van der Waals surface area contributed by atoms with E-state index in [1.165, 1.54) is 11.3 Å². The van der Waals surface area contributed by atoms with Crippen molar-refractivity contribution >= 4 is 28.3 Å². The summed E-state index contributed by atoms with van der Waals surface area (Å²) in [4.78, 5) is 29.1. The van der Waals surface area contributed by atoms with Gasteiger partial charge in [0.15, 0.2) is 5.69 Å². The Hall–Kier alpha value is -3.04. The van der Waals surface area contributed by atoms with Crippen molar-refractivity contribution in [3.8, 4) is 0 Å². The summed E-state index contributed by atoms with van der Waals surface area (Å²) in [6, 6.07) is 1.74. The molecule has 7 nitrogen and oxygen atoms in total. The van der Waals surface area contributed by atoms with Crippen LogP contribution in [0.5, 0.6) is 0 Å². The van der Waals surface area contributed by atoms with E-state index < -0.39 is 29.0 Å². The van der Waals surface area contributed by atoms with Gasteiger partial charge in [-0.2, -0.15) is 13.2 Å². The molecule has 0 aliphatic rings. The predicted molar refractivity (Wildman–Crippen MR) is 74.4 cm³/mol. The second-order valence-corrected chi connectivity index (χ2v) is 4.92. The minimum atomic E-state index is -4.68. The number of carboxylic acid groups (broad SMARTS) is 1. The van der Waals surface area contributed by atoms with Gasteiger partial charge < -0.3 is 15.8 Å². The number of alkyl halides is 3. The van der Waals surface area contributed by atoms with Crippen molar-refractivity contribution in [2.45, 2.75) is 13.1 Å². The summed E-state index contributed by atoms with van der Waals surface area (Å²) in [5.74, 6) is -1.35. The molecule has 2 heterocycles. The number of aryl methyl sites for hydroxylation is 1. The second kappa shape index (κ2) is 4.48. The summed E-state index contributed by atoms with van der Waals surface area (Å²) in [6.07, 6.45) is -4.68. The second-order valence-electron chi connectivity index (χ2n) is 4.92. The van der Waals surface area contributed by atoms with Crippen LogP contribution in [0.15, 0.2) is 16.9 Å². The lowest BCUT2D eigenvalue weighted by atomic mass is 10.1. The van der Waals surface area contributed by atoms with Crippen molar-refractivity contribution in [3.05, 3.63) is 39.4 Å². The molecule has 0 atom stereocenters. The number of fused-ring (bicyclic) bond motifs is 3. The number of rotatable bonds is 1. The van der Waals surface area contributed by atoms with Gasteiger partial charge in [0.25, 0.3) is 5.56 Å². The molecule has 0 radical (unpaired) electrons. The van der Waals surface area contributed by atoms with Gasteiger partial charge >= 0.3 is 12.1 Å². The first-order chi connectivity index (χ1) is 10.6. The molecule has 4 N–H and O–H groups in total. The number of nitrogen functional groups attached to an aromatic ring is 1. The monoisotopic (exact) mass is 326 g/mol. The Morgan fingerprint density at radius 3 is 2.61 bits per heavy atom. The smallest absolute Gasteiger partial charge is 0.418 e. The summed E-state index contributed by atoms with van der Waals surface area (Å²) in [5, 5.41) is 9.07. The van der Waals surface area contributed by atoms with Gasteiger partial charge in [0.1, 0.15) is 0 Å². The number of carbonyl (C=O) groups is 1. The SMILES string of the molecule is Cc1c(C(=O)O)nc2c(=O)[nH]c3cc(C(F)(F)F)c(N)cc3n12. The molecule has 0 saturated heterocycles. The normalized spacial score (nSPS) is 12.2. The summed E-state index contributed by atoms with van der Waals surface area (Å²) in [6.45, 7) is 1.40. The average Bonchev–Trinajstić information content (AvgIpc) is 2.77. The maximum atomic E-state index is 12.9. The van der Waals surface area contributed by atoms with Crippen molar-refractivity contribution in [2.24, 2.45) is 0 Å². The number of H-pyrrole nitrogens is 1. The molecule has 0 spiro atoms. The van der Waals surface area contributed by atoms with Crippen LogP contribution in [0.2, 0.25) is 0 Å². The number of benzene rings is 1. The number of hydrogen-bond donors (Lipinski definition) is 3. The van der Waals surface area contributed by atoms with Crippen LogP contribution in [0.25, 0.3) is 16.7 Å². The molecule has 0 unspecified atom stereocenters. The summed E-state index contributed by atoms with van der Waals surface area (Å²) in [5.41, 5.74) is 2.56. The molecule has 10 heteroatoms. The molecule has 120 valence electrons. The van der Waals surface area contributed by atoms with Gasteiger partial charge in [0.2, 0.25) is 5.65 Å². The number of aromatic nitrogens is 3. The van der Waals surface area contributed by atoms with E-state index in [0.29, 0.717) is 6.07 Å². The van der Waals surface area contributed by atoms with Gasteiger partial charge in [-0.05, 0) is 19.1 Å². The topological polar surface area (TPSA) is 113 Å². The van der Waals surface area contributed by atoms with Crippen LogP contribution in [0.4, 0.5) is 18.9 Å². The zero-order chi connectivity index (χ0) is 17.1. The third kappa shape index (κ3) is 2.10. The van der Waals surface area contributed by atoms with Crippen LogP contribution in [-0.4, -0.2) is 25.4 Å². The minimum absolute atomic E-state index is 0.114. The number of halogens is 3. The number of anilines is 1. The third-order valence-electron chi connectivity index (χ3n) is 3.48. The van der Waals surface area contributed by atoms with E-state index in [2.05, 4.69) is 9.97 Å². The Bertz CT molecular complexity index is 1030. The van der Waals surface area contributed by atoms with Crippen molar-refractivity contribution in [1.29, 1.82) is 0 Å².